The molecule has 0 aliphatic heterocycles. The van der Waals surface area contributed by atoms with Crippen molar-refractivity contribution in [3.8, 4) is 11.8 Å². The minimum absolute atomic E-state index is 0.0955. The van der Waals surface area contributed by atoms with E-state index in [-0.39, 0.29) is 12.5 Å². The molecule has 1 aromatic carbocycles. The van der Waals surface area contributed by atoms with Crippen molar-refractivity contribution < 1.29 is 9.53 Å². The summed E-state index contributed by atoms with van der Waals surface area (Å²) in [6.45, 7) is 0.616. The van der Waals surface area contributed by atoms with Crippen LogP contribution in [0.3, 0.4) is 0 Å². The lowest BCUT2D eigenvalue weighted by Gasteiger charge is -2.08. The SMILES string of the molecule is N#Cc1ccc(Cl)cc1OCC(=O)NCC1CC1. The Hall–Kier alpha value is -1.73. The minimum Gasteiger partial charge on any atom is -0.482 e. The fraction of sp³-hybridized carbons (Fsp3) is 0.385. The molecular formula is C13H13ClN2O2. The van der Waals surface area contributed by atoms with Crippen LogP contribution in [0.1, 0.15) is 18.4 Å². The maximum absolute atomic E-state index is 11.5. The molecule has 1 aliphatic carbocycles. The van der Waals surface area contributed by atoms with E-state index in [0.717, 1.165) is 0 Å². The standard InChI is InChI=1S/C13H13ClN2O2/c14-11-4-3-10(6-15)12(5-11)18-8-13(17)16-7-9-1-2-9/h3-5,9H,1-2,7-8H2,(H,16,17). The summed E-state index contributed by atoms with van der Waals surface area (Å²) in [6.07, 6.45) is 2.38. The number of nitriles is 1. The Bertz CT molecular complexity index is 492. The molecule has 1 fully saturated rings. The first kappa shape index (κ1) is 12.7. The molecule has 0 radical (unpaired) electrons. The van der Waals surface area contributed by atoms with Gasteiger partial charge < -0.3 is 10.1 Å². The van der Waals surface area contributed by atoms with E-state index in [1.807, 2.05) is 6.07 Å². The van der Waals surface area contributed by atoms with Gasteiger partial charge in [0.05, 0.1) is 5.56 Å². The first-order valence-corrected chi connectivity index (χ1v) is 6.16. The van der Waals surface area contributed by atoms with E-state index in [9.17, 15) is 4.79 Å². The number of carbonyl (C=O) groups excluding carboxylic acids is 1. The van der Waals surface area contributed by atoms with Crippen LogP contribution in [0.5, 0.6) is 5.75 Å². The van der Waals surface area contributed by atoms with Crippen molar-refractivity contribution in [2.24, 2.45) is 5.92 Å². The van der Waals surface area contributed by atoms with Crippen LogP contribution in [0.25, 0.3) is 0 Å². The predicted octanol–water partition coefficient (Wildman–Crippen LogP) is 2.12. The zero-order valence-corrected chi connectivity index (χ0v) is 10.5. The summed E-state index contributed by atoms with van der Waals surface area (Å²) in [5.74, 6) is 0.798. The van der Waals surface area contributed by atoms with Crippen molar-refractivity contribution in [3.63, 3.8) is 0 Å². The number of nitrogens with zero attached hydrogens (tertiary/aromatic N) is 1. The lowest BCUT2D eigenvalue weighted by Crippen LogP contribution is -2.30. The Labute approximate surface area is 111 Å². The van der Waals surface area contributed by atoms with Gasteiger partial charge in [-0.15, -0.1) is 0 Å². The molecule has 4 nitrogen and oxygen atoms in total. The number of amides is 1. The molecule has 0 bridgehead atoms. The molecule has 2 rings (SSSR count). The topological polar surface area (TPSA) is 62.1 Å². The molecule has 1 amide bonds. The highest BCUT2D eigenvalue weighted by atomic mass is 35.5. The molecule has 0 heterocycles. The predicted molar refractivity (Wildman–Crippen MR) is 67.4 cm³/mol. The fourth-order valence-corrected chi connectivity index (χ4v) is 1.64. The average Bonchev–Trinajstić information content (AvgIpc) is 3.18. The van der Waals surface area contributed by atoms with Crippen molar-refractivity contribution in [2.45, 2.75) is 12.8 Å². The zero-order chi connectivity index (χ0) is 13.0. The van der Waals surface area contributed by atoms with E-state index in [2.05, 4.69) is 5.32 Å². The van der Waals surface area contributed by atoms with E-state index >= 15 is 0 Å². The Morgan fingerprint density at radius 2 is 2.33 bits per heavy atom. The molecule has 0 saturated heterocycles. The third-order valence-corrected chi connectivity index (χ3v) is 2.94. The summed E-state index contributed by atoms with van der Waals surface area (Å²) in [4.78, 5) is 11.5. The number of carbonyl (C=O) groups is 1. The highest BCUT2D eigenvalue weighted by Crippen LogP contribution is 2.27. The Kier molecular flexibility index (Phi) is 4.06. The summed E-state index contributed by atoms with van der Waals surface area (Å²) < 4.78 is 5.30. The van der Waals surface area contributed by atoms with E-state index in [4.69, 9.17) is 21.6 Å². The molecule has 0 aromatic heterocycles. The van der Waals surface area contributed by atoms with Crippen LogP contribution < -0.4 is 10.1 Å². The van der Waals surface area contributed by atoms with E-state index in [0.29, 0.717) is 28.8 Å². The zero-order valence-electron chi connectivity index (χ0n) is 9.78. The lowest BCUT2D eigenvalue weighted by molar-refractivity contribution is -0.123. The maximum atomic E-state index is 11.5. The van der Waals surface area contributed by atoms with Crippen molar-refractivity contribution in [1.29, 1.82) is 5.26 Å². The Balaban J connectivity index is 1.86. The lowest BCUT2D eigenvalue weighted by atomic mass is 10.2. The van der Waals surface area contributed by atoms with Gasteiger partial charge in [-0.05, 0) is 30.9 Å². The number of ether oxygens (including phenoxy) is 1. The monoisotopic (exact) mass is 264 g/mol. The Morgan fingerprint density at radius 3 is 3.00 bits per heavy atom. The first-order chi connectivity index (χ1) is 8.69. The van der Waals surface area contributed by atoms with Gasteiger partial charge in [-0.3, -0.25) is 4.79 Å². The molecule has 0 unspecified atom stereocenters. The molecule has 94 valence electrons. The van der Waals surface area contributed by atoms with Crippen molar-refractivity contribution in [2.75, 3.05) is 13.2 Å². The highest BCUT2D eigenvalue weighted by Gasteiger charge is 2.21. The first-order valence-electron chi connectivity index (χ1n) is 5.78. The minimum atomic E-state index is -0.175. The molecule has 1 aromatic rings. The van der Waals surface area contributed by atoms with Gasteiger partial charge in [0.1, 0.15) is 11.8 Å². The maximum Gasteiger partial charge on any atom is 0.257 e. The van der Waals surface area contributed by atoms with Crippen LogP contribution in [0.2, 0.25) is 5.02 Å². The van der Waals surface area contributed by atoms with Gasteiger partial charge >= 0.3 is 0 Å². The highest BCUT2D eigenvalue weighted by molar-refractivity contribution is 6.30. The number of hydrogen-bond acceptors (Lipinski definition) is 3. The van der Waals surface area contributed by atoms with E-state index in [1.165, 1.54) is 18.9 Å². The second kappa shape index (κ2) is 5.74. The number of benzene rings is 1. The van der Waals surface area contributed by atoms with Gasteiger partial charge in [0.25, 0.3) is 5.91 Å². The quantitative estimate of drug-likeness (QED) is 0.886. The van der Waals surface area contributed by atoms with Gasteiger partial charge in [0, 0.05) is 17.6 Å². The molecule has 0 spiro atoms. The van der Waals surface area contributed by atoms with E-state index < -0.39 is 0 Å². The van der Waals surface area contributed by atoms with Gasteiger partial charge in [-0.2, -0.15) is 5.26 Å². The van der Waals surface area contributed by atoms with Crippen LogP contribution in [0.4, 0.5) is 0 Å². The van der Waals surface area contributed by atoms with Crippen molar-refractivity contribution in [3.05, 3.63) is 28.8 Å². The molecule has 0 atom stereocenters. The molecular weight excluding hydrogens is 252 g/mol. The third kappa shape index (κ3) is 3.64. The third-order valence-electron chi connectivity index (χ3n) is 2.71. The smallest absolute Gasteiger partial charge is 0.257 e. The van der Waals surface area contributed by atoms with Crippen LogP contribution in [-0.4, -0.2) is 19.1 Å². The van der Waals surface area contributed by atoms with E-state index in [1.54, 1.807) is 12.1 Å². The van der Waals surface area contributed by atoms with Crippen LogP contribution in [0, 0.1) is 17.2 Å². The summed E-state index contributed by atoms with van der Waals surface area (Å²) in [6, 6.07) is 6.71. The normalized spacial score (nSPS) is 13.8. The summed E-state index contributed by atoms with van der Waals surface area (Å²) in [7, 11) is 0. The van der Waals surface area contributed by atoms with Gasteiger partial charge in [0.2, 0.25) is 0 Å². The largest absolute Gasteiger partial charge is 0.482 e. The second-order valence-corrected chi connectivity index (χ2v) is 4.72. The van der Waals surface area contributed by atoms with Gasteiger partial charge in [0.15, 0.2) is 6.61 Å². The van der Waals surface area contributed by atoms with Crippen LogP contribution in [-0.2, 0) is 4.79 Å². The van der Waals surface area contributed by atoms with Crippen LogP contribution in [0.15, 0.2) is 18.2 Å². The molecule has 18 heavy (non-hydrogen) atoms. The van der Waals surface area contributed by atoms with Crippen molar-refractivity contribution >= 4 is 17.5 Å². The molecule has 1 saturated carbocycles. The number of nitrogens with one attached hydrogen (secondary N) is 1. The molecule has 1 N–H and O–H groups in total. The number of halogens is 1. The fourth-order valence-electron chi connectivity index (χ4n) is 1.48. The van der Waals surface area contributed by atoms with Crippen molar-refractivity contribution in [1.82, 2.24) is 5.32 Å². The molecule has 1 aliphatic rings. The summed E-state index contributed by atoms with van der Waals surface area (Å²) in [5.41, 5.74) is 0.370. The summed E-state index contributed by atoms with van der Waals surface area (Å²) in [5, 5.41) is 12.1. The molecule has 5 heteroatoms. The van der Waals surface area contributed by atoms with Gasteiger partial charge in [-0.25, -0.2) is 0 Å². The Morgan fingerprint density at radius 1 is 1.56 bits per heavy atom. The summed E-state index contributed by atoms with van der Waals surface area (Å²) >= 11 is 5.81. The average molecular weight is 265 g/mol. The van der Waals surface area contributed by atoms with Crippen LogP contribution >= 0.6 is 11.6 Å². The number of hydrogen-bond donors (Lipinski definition) is 1. The van der Waals surface area contributed by atoms with Gasteiger partial charge in [-0.1, -0.05) is 11.6 Å². The second-order valence-electron chi connectivity index (χ2n) is 4.29. The number of rotatable bonds is 5.